The second-order valence-corrected chi connectivity index (χ2v) is 4.54. The molecule has 3 rings (SSSR count). The van der Waals surface area contributed by atoms with Gasteiger partial charge in [0.1, 0.15) is 5.75 Å². The summed E-state index contributed by atoms with van der Waals surface area (Å²) in [6.07, 6.45) is 3.38. The van der Waals surface area contributed by atoms with Crippen LogP contribution in [0.25, 0.3) is 11.4 Å². The molecule has 0 saturated carbocycles. The minimum Gasteiger partial charge on any atom is -0.494 e. The molecular formula is C15H16N6O. The van der Waals surface area contributed by atoms with Crippen molar-refractivity contribution in [2.24, 2.45) is 0 Å². The third-order valence-electron chi connectivity index (χ3n) is 3.04. The van der Waals surface area contributed by atoms with Gasteiger partial charge in [-0.1, -0.05) is 0 Å². The summed E-state index contributed by atoms with van der Waals surface area (Å²) in [5, 5.41) is 11.3. The topological polar surface area (TPSA) is 90.9 Å². The first kappa shape index (κ1) is 13.9. The zero-order chi connectivity index (χ0) is 15.4. The van der Waals surface area contributed by atoms with Crippen LogP contribution < -0.4 is 15.9 Å². The molecule has 0 spiro atoms. The number of anilines is 2. The average molecular weight is 296 g/mol. The molecule has 2 aromatic heterocycles. The molecule has 0 saturated heterocycles. The van der Waals surface area contributed by atoms with Crippen LogP contribution in [0.4, 0.5) is 11.6 Å². The van der Waals surface area contributed by atoms with E-state index >= 15 is 0 Å². The minimum atomic E-state index is 0.447. The molecule has 0 aliphatic rings. The molecule has 2 heterocycles. The van der Waals surface area contributed by atoms with Crippen LogP contribution in [0.1, 0.15) is 6.92 Å². The van der Waals surface area contributed by atoms with Gasteiger partial charge in [-0.05, 0) is 43.3 Å². The molecule has 0 unspecified atom stereocenters. The maximum absolute atomic E-state index is 6.04. The first-order chi connectivity index (χ1) is 10.8. The van der Waals surface area contributed by atoms with Gasteiger partial charge in [0.25, 0.3) is 0 Å². The third-order valence-corrected chi connectivity index (χ3v) is 3.04. The summed E-state index contributed by atoms with van der Waals surface area (Å²) in [5.74, 6) is 7.85. The number of benzene rings is 1. The third kappa shape index (κ3) is 2.83. The number of pyridine rings is 1. The Hall–Kier alpha value is -3.09. The number of nitrogens with zero attached hydrogens (tertiary/aromatic N) is 4. The molecule has 3 N–H and O–H groups in total. The van der Waals surface area contributed by atoms with Crippen molar-refractivity contribution < 1.29 is 4.74 Å². The van der Waals surface area contributed by atoms with Crippen molar-refractivity contribution in [1.82, 2.24) is 19.9 Å². The SMILES string of the molecule is CCOc1ccc(Nc2nnc(-c3cccnc3)n2N)cc1. The van der Waals surface area contributed by atoms with Gasteiger partial charge in [-0.15, -0.1) is 10.2 Å². The van der Waals surface area contributed by atoms with Gasteiger partial charge in [-0.25, -0.2) is 4.68 Å². The fourth-order valence-electron chi connectivity index (χ4n) is 2.00. The predicted octanol–water partition coefficient (Wildman–Crippen LogP) is 2.20. The molecule has 0 aliphatic heterocycles. The van der Waals surface area contributed by atoms with Crippen LogP contribution in [0, 0.1) is 0 Å². The highest BCUT2D eigenvalue weighted by Crippen LogP contribution is 2.21. The highest BCUT2D eigenvalue weighted by atomic mass is 16.5. The molecule has 1 aromatic carbocycles. The van der Waals surface area contributed by atoms with E-state index in [4.69, 9.17) is 10.6 Å². The first-order valence-electron chi connectivity index (χ1n) is 6.88. The largest absolute Gasteiger partial charge is 0.494 e. The highest BCUT2D eigenvalue weighted by molar-refractivity contribution is 5.60. The Bertz CT molecular complexity index is 738. The predicted molar refractivity (Wildman–Crippen MR) is 84.3 cm³/mol. The maximum atomic E-state index is 6.04. The number of rotatable bonds is 5. The van der Waals surface area contributed by atoms with Crippen molar-refractivity contribution in [3.05, 3.63) is 48.8 Å². The van der Waals surface area contributed by atoms with Crippen molar-refractivity contribution in [2.75, 3.05) is 17.8 Å². The van der Waals surface area contributed by atoms with E-state index in [1.807, 2.05) is 43.3 Å². The van der Waals surface area contributed by atoms with E-state index in [1.165, 1.54) is 4.68 Å². The molecule has 0 fully saturated rings. The van der Waals surface area contributed by atoms with Crippen LogP contribution in [-0.2, 0) is 0 Å². The number of nitrogens with one attached hydrogen (secondary N) is 1. The Labute approximate surface area is 127 Å². The summed E-state index contributed by atoms with van der Waals surface area (Å²) in [6.45, 7) is 2.58. The molecule has 112 valence electrons. The van der Waals surface area contributed by atoms with Crippen LogP contribution in [0.3, 0.4) is 0 Å². The number of hydrogen-bond acceptors (Lipinski definition) is 6. The summed E-state index contributed by atoms with van der Waals surface area (Å²) >= 11 is 0. The van der Waals surface area contributed by atoms with Crippen molar-refractivity contribution in [1.29, 1.82) is 0 Å². The summed E-state index contributed by atoms with van der Waals surface area (Å²) in [7, 11) is 0. The smallest absolute Gasteiger partial charge is 0.248 e. The number of hydrogen-bond donors (Lipinski definition) is 2. The fraction of sp³-hybridized carbons (Fsp3) is 0.133. The van der Waals surface area contributed by atoms with Crippen LogP contribution >= 0.6 is 0 Å². The van der Waals surface area contributed by atoms with Gasteiger partial charge >= 0.3 is 0 Å². The molecular weight excluding hydrogens is 280 g/mol. The fourth-order valence-corrected chi connectivity index (χ4v) is 2.00. The molecule has 0 atom stereocenters. The molecule has 3 aromatic rings. The normalized spacial score (nSPS) is 10.4. The quantitative estimate of drug-likeness (QED) is 0.701. The minimum absolute atomic E-state index is 0.447. The van der Waals surface area contributed by atoms with Crippen LogP contribution in [0.5, 0.6) is 5.75 Å². The van der Waals surface area contributed by atoms with E-state index in [0.717, 1.165) is 17.0 Å². The number of aromatic nitrogens is 4. The zero-order valence-electron chi connectivity index (χ0n) is 12.1. The van der Waals surface area contributed by atoms with Gasteiger partial charge < -0.3 is 15.9 Å². The lowest BCUT2D eigenvalue weighted by atomic mass is 10.3. The summed E-state index contributed by atoms with van der Waals surface area (Å²) in [5.41, 5.74) is 1.65. The van der Waals surface area contributed by atoms with Crippen molar-refractivity contribution in [2.45, 2.75) is 6.92 Å². The van der Waals surface area contributed by atoms with Crippen LogP contribution in [-0.4, -0.2) is 26.5 Å². The van der Waals surface area contributed by atoms with Crippen molar-refractivity contribution >= 4 is 11.6 Å². The Morgan fingerprint density at radius 2 is 2.00 bits per heavy atom. The Balaban J connectivity index is 1.80. The van der Waals surface area contributed by atoms with E-state index in [-0.39, 0.29) is 0 Å². The molecule has 0 bridgehead atoms. The van der Waals surface area contributed by atoms with E-state index < -0.39 is 0 Å². The Kier molecular flexibility index (Phi) is 3.86. The van der Waals surface area contributed by atoms with Gasteiger partial charge in [-0.3, -0.25) is 4.98 Å². The highest BCUT2D eigenvalue weighted by Gasteiger charge is 2.11. The molecule has 0 amide bonds. The summed E-state index contributed by atoms with van der Waals surface area (Å²) < 4.78 is 6.80. The van der Waals surface area contributed by atoms with E-state index in [1.54, 1.807) is 12.4 Å². The molecule has 22 heavy (non-hydrogen) atoms. The average Bonchev–Trinajstić information content (AvgIpc) is 2.91. The van der Waals surface area contributed by atoms with Gasteiger partial charge in [-0.2, -0.15) is 0 Å². The van der Waals surface area contributed by atoms with Crippen molar-refractivity contribution in [3.8, 4) is 17.1 Å². The molecule has 0 aliphatic carbocycles. The van der Waals surface area contributed by atoms with Gasteiger partial charge in [0.2, 0.25) is 5.95 Å². The lowest BCUT2D eigenvalue weighted by Gasteiger charge is -2.07. The number of nitrogen functional groups attached to an aromatic ring is 1. The molecule has 0 radical (unpaired) electrons. The molecule has 7 nitrogen and oxygen atoms in total. The van der Waals surface area contributed by atoms with Gasteiger partial charge in [0.15, 0.2) is 5.82 Å². The maximum Gasteiger partial charge on any atom is 0.248 e. The second kappa shape index (κ2) is 6.13. The standard InChI is InChI=1S/C15H16N6O/c1-2-22-13-7-5-12(6-8-13)18-15-20-19-14(21(15)16)11-4-3-9-17-10-11/h3-10H,2,16H2,1H3,(H,18,20). The second-order valence-electron chi connectivity index (χ2n) is 4.54. The summed E-state index contributed by atoms with van der Waals surface area (Å²) in [6, 6.07) is 11.2. The zero-order valence-corrected chi connectivity index (χ0v) is 12.1. The number of ether oxygens (including phenoxy) is 1. The van der Waals surface area contributed by atoms with Crippen LogP contribution in [0.2, 0.25) is 0 Å². The Morgan fingerprint density at radius 3 is 2.68 bits per heavy atom. The van der Waals surface area contributed by atoms with Crippen LogP contribution in [0.15, 0.2) is 48.8 Å². The van der Waals surface area contributed by atoms with Gasteiger partial charge in [0.05, 0.1) is 6.61 Å². The lowest BCUT2D eigenvalue weighted by Crippen LogP contribution is -2.13. The summed E-state index contributed by atoms with van der Waals surface area (Å²) in [4.78, 5) is 4.05. The van der Waals surface area contributed by atoms with Crippen molar-refractivity contribution in [3.63, 3.8) is 0 Å². The number of nitrogens with two attached hydrogens (primary N) is 1. The first-order valence-corrected chi connectivity index (χ1v) is 6.88. The van der Waals surface area contributed by atoms with E-state index in [9.17, 15) is 0 Å². The lowest BCUT2D eigenvalue weighted by molar-refractivity contribution is 0.340. The van der Waals surface area contributed by atoms with Gasteiger partial charge in [0, 0.05) is 23.6 Å². The monoisotopic (exact) mass is 296 g/mol. The van der Waals surface area contributed by atoms with E-state index in [0.29, 0.717) is 18.4 Å². The Morgan fingerprint density at radius 1 is 1.18 bits per heavy atom. The molecule has 7 heteroatoms. The van der Waals surface area contributed by atoms with E-state index in [2.05, 4.69) is 20.5 Å².